The van der Waals surface area contributed by atoms with Gasteiger partial charge >= 0.3 is 0 Å². The maximum atomic E-state index is 11.4. The standard InChI is InChI=1S/C19H29ClN2O.2ClH/c1-21-11-13-22(14-12-21)15-18(16-5-7-17(20)8-6-16)19(23)9-3-2-4-10-19;;/h5-8,18,23H,2-4,9-15H2,1H3;2*1H. The molecule has 1 saturated heterocycles. The molecular weight excluding hydrogens is 379 g/mol. The van der Waals surface area contributed by atoms with Crippen LogP contribution in [0.1, 0.15) is 43.6 Å². The predicted molar refractivity (Wildman–Crippen MR) is 111 cm³/mol. The molecule has 1 unspecified atom stereocenters. The first-order chi connectivity index (χ1) is 11.1. The predicted octanol–water partition coefficient (Wildman–Crippen LogP) is 4.21. The molecular formula is C19H31Cl3N2O. The molecule has 1 aromatic rings. The summed E-state index contributed by atoms with van der Waals surface area (Å²) in [5.41, 5.74) is 0.674. The molecule has 0 bridgehead atoms. The van der Waals surface area contributed by atoms with Gasteiger partial charge in [0.05, 0.1) is 5.60 Å². The van der Waals surface area contributed by atoms with Gasteiger partial charge in [0.1, 0.15) is 0 Å². The largest absolute Gasteiger partial charge is 0.389 e. The SMILES string of the molecule is CN1CCN(CC(c2ccc(Cl)cc2)C2(O)CCCCC2)CC1.Cl.Cl. The minimum atomic E-state index is -0.560. The summed E-state index contributed by atoms with van der Waals surface area (Å²) in [5.74, 6) is 0.184. The Bertz CT molecular complexity index is 498. The fourth-order valence-corrected chi connectivity index (χ4v) is 4.21. The molecule has 2 aliphatic rings. The highest BCUT2D eigenvalue weighted by Crippen LogP contribution is 2.40. The number of benzene rings is 1. The van der Waals surface area contributed by atoms with Gasteiger partial charge in [-0.1, -0.05) is 43.0 Å². The number of rotatable bonds is 4. The van der Waals surface area contributed by atoms with Crippen molar-refractivity contribution in [3.05, 3.63) is 34.9 Å². The summed E-state index contributed by atoms with van der Waals surface area (Å²) in [6.45, 7) is 5.37. The van der Waals surface area contributed by atoms with Gasteiger partial charge in [-0.2, -0.15) is 0 Å². The van der Waals surface area contributed by atoms with E-state index in [0.717, 1.165) is 63.4 Å². The van der Waals surface area contributed by atoms with Crippen molar-refractivity contribution in [3.8, 4) is 0 Å². The zero-order valence-electron chi connectivity index (χ0n) is 15.0. The van der Waals surface area contributed by atoms with E-state index in [4.69, 9.17) is 11.6 Å². The van der Waals surface area contributed by atoms with E-state index >= 15 is 0 Å². The van der Waals surface area contributed by atoms with Gasteiger partial charge in [0.15, 0.2) is 0 Å². The lowest BCUT2D eigenvalue weighted by Crippen LogP contribution is -2.50. The molecule has 0 radical (unpaired) electrons. The van der Waals surface area contributed by atoms with E-state index < -0.39 is 5.60 Å². The zero-order valence-corrected chi connectivity index (χ0v) is 17.4. The Morgan fingerprint density at radius 3 is 2.12 bits per heavy atom. The Labute approximate surface area is 169 Å². The smallest absolute Gasteiger partial charge is 0.0728 e. The van der Waals surface area contributed by atoms with Crippen LogP contribution in [0, 0.1) is 0 Å². The van der Waals surface area contributed by atoms with Gasteiger partial charge in [0, 0.05) is 43.7 Å². The first-order valence-corrected chi connectivity index (χ1v) is 9.33. The molecule has 0 spiro atoms. The summed E-state index contributed by atoms with van der Waals surface area (Å²) in [7, 11) is 2.18. The summed E-state index contributed by atoms with van der Waals surface area (Å²) in [4.78, 5) is 4.90. The number of aliphatic hydroxyl groups is 1. The summed E-state index contributed by atoms with van der Waals surface area (Å²) in [6.07, 6.45) is 5.39. The molecule has 6 heteroatoms. The van der Waals surface area contributed by atoms with Crippen LogP contribution in [0.2, 0.25) is 5.02 Å². The fourth-order valence-electron chi connectivity index (χ4n) is 4.08. The van der Waals surface area contributed by atoms with Crippen LogP contribution in [0.15, 0.2) is 24.3 Å². The second-order valence-corrected chi connectivity index (χ2v) is 7.81. The Hall–Kier alpha value is -0.0300. The molecule has 1 aliphatic heterocycles. The van der Waals surface area contributed by atoms with Crippen LogP contribution < -0.4 is 0 Å². The lowest BCUT2D eigenvalue weighted by Gasteiger charge is -2.43. The highest BCUT2D eigenvalue weighted by atomic mass is 35.5. The Morgan fingerprint density at radius 1 is 1.00 bits per heavy atom. The molecule has 1 aromatic carbocycles. The minimum absolute atomic E-state index is 0. The van der Waals surface area contributed by atoms with E-state index in [2.05, 4.69) is 29.0 Å². The molecule has 1 N–H and O–H groups in total. The van der Waals surface area contributed by atoms with E-state index in [-0.39, 0.29) is 30.7 Å². The van der Waals surface area contributed by atoms with Gasteiger partial charge in [-0.15, -0.1) is 24.8 Å². The number of nitrogens with zero attached hydrogens (tertiary/aromatic N) is 2. The van der Waals surface area contributed by atoms with Crippen molar-refractivity contribution >= 4 is 36.4 Å². The van der Waals surface area contributed by atoms with Crippen molar-refractivity contribution in [2.24, 2.45) is 0 Å². The molecule has 144 valence electrons. The molecule has 1 atom stereocenters. The van der Waals surface area contributed by atoms with Crippen molar-refractivity contribution in [2.75, 3.05) is 39.8 Å². The van der Waals surface area contributed by atoms with Crippen LogP contribution in [0.5, 0.6) is 0 Å². The second-order valence-electron chi connectivity index (χ2n) is 7.37. The van der Waals surface area contributed by atoms with E-state index in [0.29, 0.717) is 0 Å². The molecule has 3 nitrogen and oxygen atoms in total. The van der Waals surface area contributed by atoms with Crippen molar-refractivity contribution < 1.29 is 5.11 Å². The topological polar surface area (TPSA) is 26.7 Å². The first-order valence-electron chi connectivity index (χ1n) is 8.96. The molecule has 25 heavy (non-hydrogen) atoms. The molecule has 3 rings (SSSR count). The summed E-state index contributed by atoms with van der Waals surface area (Å²) < 4.78 is 0. The highest BCUT2D eigenvalue weighted by Gasteiger charge is 2.39. The monoisotopic (exact) mass is 408 g/mol. The van der Waals surface area contributed by atoms with Crippen molar-refractivity contribution in [1.82, 2.24) is 9.80 Å². The number of hydrogen-bond acceptors (Lipinski definition) is 3. The van der Waals surface area contributed by atoms with Gasteiger partial charge in [0.25, 0.3) is 0 Å². The summed E-state index contributed by atoms with van der Waals surface area (Å²) in [5, 5.41) is 12.1. The number of likely N-dealkylation sites (N-methyl/N-ethyl adjacent to an activating group) is 1. The Morgan fingerprint density at radius 2 is 1.56 bits per heavy atom. The number of hydrogen-bond donors (Lipinski definition) is 1. The Kier molecular flexibility index (Phi) is 9.52. The third kappa shape index (κ3) is 5.98. The van der Waals surface area contributed by atoms with Gasteiger partial charge in [-0.25, -0.2) is 0 Å². The Balaban J connectivity index is 0.00000156. The maximum Gasteiger partial charge on any atom is 0.0728 e. The minimum Gasteiger partial charge on any atom is -0.389 e. The molecule has 1 aliphatic carbocycles. The lowest BCUT2D eigenvalue weighted by molar-refractivity contribution is -0.0337. The van der Waals surface area contributed by atoms with Gasteiger partial charge in [-0.3, -0.25) is 0 Å². The summed E-state index contributed by atoms with van der Waals surface area (Å²) in [6, 6.07) is 8.13. The van der Waals surface area contributed by atoms with Gasteiger partial charge in [0.2, 0.25) is 0 Å². The lowest BCUT2D eigenvalue weighted by atomic mass is 9.72. The average molecular weight is 410 g/mol. The quantitative estimate of drug-likeness (QED) is 0.807. The molecule has 0 aromatic heterocycles. The van der Waals surface area contributed by atoms with E-state index in [9.17, 15) is 5.11 Å². The molecule has 0 amide bonds. The second kappa shape index (κ2) is 10.3. The third-order valence-electron chi connectivity index (χ3n) is 5.68. The first kappa shape index (κ1) is 23.0. The van der Waals surface area contributed by atoms with Crippen molar-refractivity contribution in [1.29, 1.82) is 0 Å². The average Bonchev–Trinajstić information content (AvgIpc) is 2.56. The number of piperazine rings is 1. The summed E-state index contributed by atoms with van der Waals surface area (Å²) >= 11 is 6.07. The molecule has 2 fully saturated rings. The van der Waals surface area contributed by atoms with Crippen molar-refractivity contribution in [3.63, 3.8) is 0 Å². The van der Waals surface area contributed by atoms with Crippen LogP contribution in [-0.2, 0) is 0 Å². The third-order valence-corrected chi connectivity index (χ3v) is 5.93. The zero-order chi connectivity index (χ0) is 16.3. The van der Waals surface area contributed by atoms with Crippen LogP contribution in [-0.4, -0.2) is 60.3 Å². The normalized spacial score (nSPS) is 22.5. The maximum absolute atomic E-state index is 11.4. The van der Waals surface area contributed by atoms with Crippen LogP contribution in [0.4, 0.5) is 0 Å². The van der Waals surface area contributed by atoms with Crippen molar-refractivity contribution in [2.45, 2.75) is 43.6 Å². The van der Waals surface area contributed by atoms with E-state index in [1.54, 1.807) is 0 Å². The van der Waals surface area contributed by atoms with Crippen LogP contribution in [0.3, 0.4) is 0 Å². The van der Waals surface area contributed by atoms with Gasteiger partial charge < -0.3 is 14.9 Å². The van der Waals surface area contributed by atoms with E-state index in [1.807, 2.05) is 12.1 Å². The fraction of sp³-hybridized carbons (Fsp3) is 0.684. The van der Waals surface area contributed by atoms with Crippen LogP contribution in [0.25, 0.3) is 0 Å². The van der Waals surface area contributed by atoms with Gasteiger partial charge in [-0.05, 0) is 37.6 Å². The highest BCUT2D eigenvalue weighted by molar-refractivity contribution is 6.30. The molecule has 1 saturated carbocycles. The van der Waals surface area contributed by atoms with Crippen LogP contribution >= 0.6 is 36.4 Å². The van der Waals surface area contributed by atoms with E-state index in [1.165, 1.54) is 12.0 Å². The number of halogens is 3. The molecule has 1 heterocycles.